The molecule has 134 valence electrons. The van der Waals surface area contributed by atoms with Crippen LogP contribution in [0.15, 0.2) is 36.5 Å². The van der Waals surface area contributed by atoms with E-state index in [0.29, 0.717) is 6.54 Å². The molecule has 4 heterocycles. The van der Waals surface area contributed by atoms with Gasteiger partial charge >= 0.3 is 0 Å². The zero-order chi connectivity index (χ0) is 17.5. The Morgan fingerprint density at radius 3 is 2.96 bits per heavy atom. The summed E-state index contributed by atoms with van der Waals surface area (Å²) in [4.78, 5) is 17.3. The van der Waals surface area contributed by atoms with E-state index in [4.69, 9.17) is 4.98 Å². The third-order valence-corrected chi connectivity index (χ3v) is 5.51. The number of β-amino-alcohol motifs (C(OH)–C–C–N with tert-alkyl or cyclic N) is 1. The lowest BCUT2D eigenvalue weighted by atomic mass is 10.0. The summed E-state index contributed by atoms with van der Waals surface area (Å²) in [5.74, 6) is 1.68. The molecule has 1 fully saturated rings. The van der Waals surface area contributed by atoms with Gasteiger partial charge in [-0.15, -0.1) is 0 Å². The highest BCUT2D eigenvalue weighted by atomic mass is 16.3. The topological polar surface area (TPSA) is 68.3 Å². The number of hydrogen-bond acceptors (Lipinski definition) is 5. The van der Waals surface area contributed by atoms with Gasteiger partial charge in [-0.25, -0.2) is 4.98 Å². The van der Waals surface area contributed by atoms with Crippen LogP contribution in [-0.4, -0.2) is 45.8 Å². The van der Waals surface area contributed by atoms with E-state index in [-0.39, 0.29) is 6.10 Å². The Morgan fingerprint density at radius 1 is 1.12 bits per heavy atom. The molecule has 0 radical (unpaired) electrons. The van der Waals surface area contributed by atoms with Gasteiger partial charge in [-0.1, -0.05) is 18.2 Å². The van der Waals surface area contributed by atoms with Crippen molar-refractivity contribution in [2.24, 2.45) is 0 Å². The van der Waals surface area contributed by atoms with Gasteiger partial charge in [0.05, 0.1) is 12.6 Å². The van der Waals surface area contributed by atoms with Crippen LogP contribution < -0.4 is 9.80 Å². The second kappa shape index (κ2) is 6.29. The van der Waals surface area contributed by atoms with Crippen LogP contribution in [0.25, 0.3) is 10.9 Å². The van der Waals surface area contributed by atoms with Gasteiger partial charge in [-0.05, 0) is 37.0 Å². The number of hydrogen-bond donors (Lipinski definition) is 2. The van der Waals surface area contributed by atoms with Crippen molar-refractivity contribution in [3.05, 3.63) is 47.8 Å². The van der Waals surface area contributed by atoms with Crippen molar-refractivity contribution < 1.29 is 5.11 Å². The summed E-state index contributed by atoms with van der Waals surface area (Å²) >= 11 is 0. The van der Waals surface area contributed by atoms with Crippen LogP contribution in [-0.2, 0) is 13.0 Å². The number of benzene rings is 1. The Hall–Kier alpha value is -2.60. The zero-order valence-corrected chi connectivity index (χ0v) is 14.7. The van der Waals surface area contributed by atoms with Gasteiger partial charge in [0.25, 0.3) is 0 Å². The third kappa shape index (κ3) is 2.70. The highest BCUT2D eigenvalue weighted by Crippen LogP contribution is 2.29. The van der Waals surface area contributed by atoms with E-state index in [1.807, 2.05) is 12.3 Å². The van der Waals surface area contributed by atoms with Gasteiger partial charge in [0.1, 0.15) is 5.82 Å². The molecule has 6 nitrogen and oxygen atoms in total. The van der Waals surface area contributed by atoms with E-state index in [1.54, 1.807) is 0 Å². The number of anilines is 2. The summed E-state index contributed by atoms with van der Waals surface area (Å²) in [6.45, 7) is 3.32. The SMILES string of the molecule is OC1CCCN(c2ccnc(N3CCc4c([nH]c5ccccc45)C3)n2)C1. The number of nitrogens with zero attached hydrogens (tertiary/aromatic N) is 4. The van der Waals surface area contributed by atoms with Crippen molar-refractivity contribution in [2.75, 3.05) is 29.4 Å². The fourth-order valence-electron chi connectivity index (χ4n) is 4.19. The molecule has 0 saturated carbocycles. The van der Waals surface area contributed by atoms with Crippen molar-refractivity contribution in [3.63, 3.8) is 0 Å². The largest absolute Gasteiger partial charge is 0.391 e. The van der Waals surface area contributed by atoms with E-state index < -0.39 is 0 Å². The molecule has 2 aliphatic heterocycles. The molecule has 0 aliphatic carbocycles. The number of piperidine rings is 1. The second-order valence-corrected chi connectivity index (χ2v) is 7.26. The molecule has 2 aliphatic rings. The average molecular weight is 349 g/mol. The van der Waals surface area contributed by atoms with Crippen molar-refractivity contribution in [1.29, 1.82) is 0 Å². The molecule has 6 heteroatoms. The summed E-state index contributed by atoms with van der Waals surface area (Å²) in [5, 5.41) is 11.3. The molecule has 1 saturated heterocycles. The molecular formula is C20H23N5O. The molecule has 1 aromatic carbocycles. The molecule has 5 rings (SSSR count). The number of aromatic amines is 1. The Bertz CT molecular complexity index is 937. The Kier molecular flexibility index (Phi) is 3.78. The number of fused-ring (bicyclic) bond motifs is 3. The van der Waals surface area contributed by atoms with E-state index >= 15 is 0 Å². The molecule has 0 bridgehead atoms. The van der Waals surface area contributed by atoms with Gasteiger partial charge in [-0.3, -0.25) is 0 Å². The third-order valence-electron chi connectivity index (χ3n) is 5.51. The quantitative estimate of drug-likeness (QED) is 0.744. The van der Waals surface area contributed by atoms with E-state index in [2.05, 4.69) is 44.0 Å². The monoisotopic (exact) mass is 349 g/mol. The summed E-state index contributed by atoms with van der Waals surface area (Å²) < 4.78 is 0. The number of aliphatic hydroxyl groups is 1. The molecular weight excluding hydrogens is 326 g/mol. The van der Waals surface area contributed by atoms with Gasteiger partial charge < -0.3 is 19.9 Å². The Labute approximate surface area is 152 Å². The van der Waals surface area contributed by atoms with Crippen LogP contribution in [0.2, 0.25) is 0 Å². The second-order valence-electron chi connectivity index (χ2n) is 7.26. The molecule has 1 atom stereocenters. The van der Waals surface area contributed by atoms with Crippen LogP contribution in [0.4, 0.5) is 11.8 Å². The van der Waals surface area contributed by atoms with Crippen molar-refractivity contribution in [1.82, 2.24) is 15.0 Å². The molecule has 2 aromatic heterocycles. The zero-order valence-electron chi connectivity index (χ0n) is 14.7. The van der Waals surface area contributed by atoms with E-state index in [9.17, 15) is 5.11 Å². The summed E-state index contributed by atoms with van der Waals surface area (Å²) in [6, 6.07) is 10.4. The summed E-state index contributed by atoms with van der Waals surface area (Å²) in [5.41, 5.74) is 3.89. The summed E-state index contributed by atoms with van der Waals surface area (Å²) in [6.07, 6.45) is 4.45. The van der Waals surface area contributed by atoms with Crippen molar-refractivity contribution in [2.45, 2.75) is 31.9 Å². The molecule has 0 spiro atoms. The predicted molar refractivity (Wildman–Crippen MR) is 103 cm³/mol. The first kappa shape index (κ1) is 15.6. The van der Waals surface area contributed by atoms with E-state index in [0.717, 1.165) is 50.7 Å². The molecule has 26 heavy (non-hydrogen) atoms. The molecule has 0 amide bonds. The fourth-order valence-corrected chi connectivity index (χ4v) is 4.19. The first-order valence-electron chi connectivity index (χ1n) is 9.37. The first-order valence-corrected chi connectivity index (χ1v) is 9.37. The Morgan fingerprint density at radius 2 is 2.04 bits per heavy atom. The van der Waals surface area contributed by atoms with Crippen LogP contribution >= 0.6 is 0 Å². The molecule has 3 aromatic rings. The van der Waals surface area contributed by atoms with Gasteiger partial charge in [0, 0.05) is 42.4 Å². The minimum Gasteiger partial charge on any atom is -0.391 e. The smallest absolute Gasteiger partial charge is 0.227 e. The van der Waals surface area contributed by atoms with Crippen LogP contribution in [0.3, 0.4) is 0 Å². The minimum atomic E-state index is -0.258. The van der Waals surface area contributed by atoms with Crippen LogP contribution in [0.1, 0.15) is 24.1 Å². The van der Waals surface area contributed by atoms with Gasteiger partial charge in [0.2, 0.25) is 5.95 Å². The van der Waals surface area contributed by atoms with E-state index in [1.165, 1.54) is 22.2 Å². The van der Waals surface area contributed by atoms with Crippen molar-refractivity contribution in [3.8, 4) is 0 Å². The predicted octanol–water partition coefficient (Wildman–Crippen LogP) is 2.48. The van der Waals surface area contributed by atoms with Gasteiger partial charge in [0.15, 0.2) is 0 Å². The number of nitrogens with one attached hydrogen (secondary N) is 1. The molecule has 2 N–H and O–H groups in total. The lowest BCUT2D eigenvalue weighted by molar-refractivity contribution is 0.154. The summed E-state index contributed by atoms with van der Waals surface area (Å²) in [7, 11) is 0. The first-order chi connectivity index (χ1) is 12.8. The van der Waals surface area contributed by atoms with Crippen LogP contribution in [0, 0.1) is 0 Å². The highest BCUT2D eigenvalue weighted by molar-refractivity contribution is 5.85. The number of aliphatic hydroxyl groups excluding tert-OH is 1. The maximum Gasteiger partial charge on any atom is 0.227 e. The fraction of sp³-hybridized carbons (Fsp3) is 0.400. The highest BCUT2D eigenvalue weighted by Gasteiger charge is 2.24. The number of H-pyrrole nitrogens is 1. The van der Waals surface area contributed by atoms with Crippen LogP contribution in [0.5, 0.6) is 0 Å². The number of para-hydroxylation sites is 1. The number of aromatic nitrogens is 3. The maximum absolute atomic E-state index is 9.94. The normalized spacial score (nSPS) is 20.4. The van der Waals surface area contributed by atoms with Crippen molar-refractivity contribution >= 4 is 22.7 Å². The number of rotatable bonds is 2. The lowest BCUT2D eigenvalue weighted by Gasteiger charge is -2.32. The lowest BCUT2D eigenvalue weighted by Crippen LogP contribution is -2.39. The Balaban J connectivity index is 1.41. The standard InChI is InChI=1S/C20H23N5O/c26-14-4-3-10-24(12-14)19-7-9-21-20(23-19)25-11-8-16-15-5-1-2-6-17(15)22-18(16)13-25/h1-2,5-7,9,14,22,26H,3-4,8,10-13H2. The molecule has 1 unspecified atom stereocenters. The average Bonchev–Trinajstić information content (AvgIpc) is 3.06. The van der Waals surface area contributed by atoms with Gasteiger partial charge in [-0.2, -0.15) is 4.98 Å². The minimum absolute atomic E-state index is 0.258. The maximum atomic E-state index is 9.94.